The maximum absolute atomic E-state index is 2.27. The van der Waals surface area contributed by atoms with Crippen LogP contribution in [0, 0.1) is 11.8 Å². The van der Waals surface area contributed by atoms with E-state index in [9.17, 15) is 0 Å². The van der Waals surface area contributed by atoms with Gasteiger partial charge in [0.05, 0.1) is 0 Å². The fourth-order valence-electron chi connectivity index (χ4n) is 3.97. The van der Waals surface area contributed by atoms with Gasteiger partial charge in [-0.1, -0.05) is 76.4 Å². The topological polar surface area (TPSA) is 0 Å². The minimum atomic E-state index is 1.14. The van der Waals surface area contributed by atoms with E-state index in [-0.39, 0.29) is 0 Å². The van der Waals surface area contributed by atoms with Crippen molar-refractivity contribution in [3.05, 3.63) is 12.2 Å². The first kappa shape index (κ1) is 14.2. The largest absolute Gasteiger partial charge is 0.0885 e. The first-order chi connectivity index (χ1) is 8.97. The minimum absolute atomic E-state index is 1.14. The quantitative estimate of drug-likeness (QED) is 0.480. The van der Waals surface area contributed by atoms with E-state index in [4.69, 9.17) is 0 Å². The molecule has 0 spiro atoms. The zero-order valence-corrected chi connectivity index (χ0v) is 12.2. The molecule has 3 rings (SSSR count). The van der Waals surface area contributed by atoms with Gasteiger partial charge in [0.2, 0.25) is 0 Å². The zero-order valence-electron chi connectivity index (χ0n) is 12.2. The van der Waals surface area contributed by atoms with Gasteiger partial charge in [0.1, 0.15) is 0 Å². The lowest BCUT2D eigenvalue weighted by Gasteiger charge is -2.32. The summed E-state index contributed by atoms with van der Waals surface area (Å²) in [6.07, 6.45) is 25.4. The standard InChI is InChI=1S/C12H22.C6H10/c1-3-7-11(8-4-1)12-9-5-2-6-10-12;1-2-4-6-5-3-1/h11-12H,1-10H2;1-2H,3-6H2. The first-order valence-electron chi connectivity index (χ1n) is 8.62. The number of hydrogen-bond donors (Lipinski definition) is 0. The molecule has 0 bridgehead atoms. The van der Waals surface area contributed by atoms with Crippen molar-refractivity contribution < 1.29 is 0 Å². The van der Waals surface area contributed by atoms with Crippen molar-refractivity contribution in [3.8, 4) is 0 Å². The van der Waals surface area contributed by atoms with E-state index in [1.54, 1.807) is 25.7 Å². The fourth-order valence-corrected chi connectivity index (χ4v) is 3.97. The fraction of sp³-hybridized carbons (Fsp3) is 0.889. The van der Waals surface area contributed by atoms with Crippen molar-refractivity contribution >= 4 is 0 Å². The molecule has 2 fully saturated rings. The number of rotatable bonds is 1. The van der Waals surface area contributed by atoms with Gasteiger partial charge < -0.3 is 0 Å². The average molecular weight is 248 g/mol. The third-order valence-corrected chi connectivity index (χ3v) is 5.12. The van der Waals surface area contributed by atoms with E-state index >= 15 is 0 Å². The molecule has 0 aromatic heterocycles. The number of hydrogen-bond acceptors (Lipinski definition) is 0. The van der Waals surface area contributed by atoms with Gasteiger partial charge in [-0.15, -0.1) is 0 Å². The van der Waals surface area contributed by atoms with Crippen molar-refractivity contribution in [1.82, 2.24) is 0 Å². The third-order valence-electron chi connectivity index (χ3n) is 5.12. The molecule has 0 N–H and O–H groups in total. The highest BCUT2D eigenvalue weighted by molar-refractivity contribution is 4.85. The van der Waals surface area contributed by atoms with E-state index in [1.165, 1.54) is 64.2 Å². The molecule has 0 nitrogen and oxygen atoms in total. The summed E-state index contributed by atoms with van der Waals surface area (Å²) in [6.45, 7) is 0. The second-order valence-corrected chi connectivity index (χ2v) is 6.55. The predicted molar refractivity (Wildman–Crippen MR) is 80.8 cm³/mol. The van der Waals surface area contributed by atoms with Crippen molar-refractivity contribution in [2.45, 2.75) is 89.9 Å². The maximum atomic E-state index is 2.27. The Bertz CT molecular complexity index is 192. The lowest BCUT2D eigenvalue weighted by atomic mass is 9.73. The Labute approximate surface area is 114 Å². The summed E-state index contributed by atoms with van der Waals surface area (Å²) in [4.78, 5) is 0. The SMILES string of the molecule is C1=CCCCC1.C1CCC(C2CCCCC2)CC1. The summed E-state index contributed by atoms with van der Waals surface area (Å²) < 4.78 is 0. The summed E-state index contributed by atoms with van der Waals surface area (Å²) >= 11 is 0. The van der Waals surface area contributed by atoms with Crippen LogP contribution in [0.3, 0.4) is 0 Å². The van der Waals surface area contributed by atoms with Crippen LogP contribution in [0.1, 0.15) is 89.9 Å². The van der Waals surface area contributed by atoms with Crippen molar-refractivity contribution in [3.63, 3.8) is 0 Å². The van der Waals surface area contributed by atoms with Crippen LogP contribution in [-0.4, -0.2) is 0 Å². The van der Waals surface area contributed by atoms with Gasteiger partial charge in [0.25, 0.3) is 0 Å². The third kappa shape index (κ3) is 5.16. The smallest absolute Gasteiger partial charge is 0.0351 e. The van der Waals surface area contributed by atoms with E-state index < -0.39 is 0 Å². The molecule has 0 aliphatic heterocycles. The van der Waals surface area contributed by atoms with Crippen LogP contribution < -0.4 is 0 Å². The Morgan fingerprint density at radius 2 is 0.833 bits per heavy atom. The second kappa shape index (κ2) is 8.77. The molecule has 0 heteroatoms. The van der Waals surface area contributed by atoms with E-state index in [1.807, 2.05) is 0 Å². The van der Waals surface area contributed by atoms with Gasteiger partial charge >= 0.3 is 0 Å². The Balaban J connectivity index is 0.000000169. The van der Waals surface area contributed by atoms with Crippen LogP contribution in [0.25, 0.3) is 0 Å². The summed E-state index contributed by atoms with van der Waals surface area (Å²) in [5.74, 6) is 2.28. The number of allylic oxidation sites excluding steroid dienone is 2. The molecule has 3 aliphatic rings. The van der Waals surface area contributed by atoms with Gasteiger partial charge in [-0.3, -0.25) is 0 Å². The van der Waals surface area contributed by atoms with E-state index in [2.05, 4.69) is 12.2 Å². The van der Waals surface area contributed by atoms with E-state index in [0.29, 0.717) is 0 Å². The van der Waals surface area contributed by atoms with Crippen LogP contribution >= 0.6 is 0 Å². The molecule has 104 valence electrons. The second-order valence-electron chi connectivity index (χ2n) is 6.55. The van der Waals surface area contributed by atoms with Gasteiger partial charge in [0, 0.05) is 0 Å². The highest BCUT2D eigenvalue weighted by Gasteiger charge is 2.24. The monoisotopic (exact) mass is 248 g/mol. The molecular formula is C18H32. The molecule has 2 saturated carbocycles. The van der Waals surface area contributed by atoms with Crippen LogP contribution in [-0.2, 0) is 0 Å². The van der Waals surface area contributed by atoms with Gasteiger partial charge in [0.15, 0.2) is 0 Å². The summed E-state index contributed by atoms with van der Waals surface area (Å²) in [6, 6.07) is 0. The lowest BCUT2D eigenvalue weighted by Crippen LogP contribution is -2.20. The summed E-state index contributed by atoms with van der Waals surface area (Å²) in [7, 11) is 0. The predicted octanol–water partition coefficient (Wildman–Crippen LogP) is 6.26. The van der Waals surface area contributed by atoms with Crippen LogP contribution in [0.5, 0.6) is 0 Å². The molecule has 0 saturated heterocycles. The molecule has 0 amide bonds. The van der Waals surface area contributed by atoms with Crippen LogP contribution in [0.15, 0.2) is 12.2 Å². The molecule has 0 radical (unpaired) electrons. The van der Waals surface area contributed by atoms with Crippen molar-refractivity contribution in [2.24, 2.45) is 11.8 Å². The maximum Gasteiger partial charge on any atom is -0.0351 e. The molecule has 0 heterocycles. The van der Waals surface area contributed by atoms with Gasteiger partial charge in [-0.25, -0.2) is 0 Å². The molecule has 0 aromatic carbocycles. The average Bonchev–Trinajstić information content (AvgIpc) is 2.51. The molecule has 3 aliphatic carbocycles. The lowest BCUT2D eigenvalue weighted by molar-refractivity contribution is 0.196. The Kier molecular flexibility index (Phi) is 6.90. The Hall–Kier alpha value is -0.260. The van der Waals surface area contributed by atoms with E-state index in [0.717, 1.165) is 11.8 Å². The normalized spacial score (nSPS) is 26.4. The zero-order chi connectivity index (χ0) is 12.5. The van der Waals surface area contributed by atoms with Gasteiger partial charge in [-0.2, -0.15) is 0 Å². The van der Waals surface area contributed by atoms with Crippen molar-refractivity contribution in [1.29, 1.82) is 0 Å². The highest BCUT2D eigenvalue weighted by Crippen LogP contribution is 2.37. The summed E-state index contributed by atoms with van der Waals surface area (Å²) in [5, 5.41) is 0. The molecule has 18 heavy (non-hydrogen) atoms. The van der Waals surface area contributed by atoms with Crippen molar-refractivity contribution in [2.75, 3.05) is 0 Å². The van der Waals surface area contributed by atoms with Crippen LogP contribution in [0.2, 0.25) is 0 Å². The molecular weight excluding hydrogens is 216 g/mol. The first-order valence-corrected chi connectivity index (χ1v) is 8.62. The van der Waals surface area contributed by atoms with Crippen LogP contribution in [0.4, 0.5) is 0 Å². The Morgan fingerprint density at radius 1 is 0.444 bits per heavy atom. The van der Waals surface area contributed by atoms with Gasteiger partial charge in [-0.05, 0) is 37.5 Å². The molecule has 0 unspecified atom stereocenters. The highest BCUT2D eigenvalue weighted by atomic mass is 14.3. The Morgan fingerprint density at radius 3 is 1.11 bits per heavy atom. The minimum Gasteiger partial charge on any atom is -0.0885 e. The molecule has 0 aromatic rings. The molecule has 0 atom stereocenters. The summed E-state index contributed by atoms with van der Waals surface area (Å²) in [5.41, 5.74) is 0.